The number of para-hydroxylation sites is 1. The molecule has 30 heavy (non-hydrogen) atoms. The molecule has 4 rings (SSSR count). The molecule has 0 aliphatic carbocycles. The predicted octanol–water partition coefficient (Wildman–Crippen LogP) is 2.09. The highest BCUT2D eigenvalue weighted by atomic mass is 16.5. The summed E-state index contributed by atoms with van der Waals surface area (Å²) in [6.07, 6.45) is 0.192. The molecular weight excluding hydrogens is 386 g/mol. The number of ether oxygens (including phenoxy) is 1. The van der Waals surface area contributed by atoms with Crippen LogP contribution in [0.4, 0.5) is 11.4 Å². The summed E-state index contributed by atoms with van der Waals surface area (Å²) in [5, 5.41) is 2.67. The quantitative estimate of drug-likeness (QED) is 0.783. The molecule has 0 spiro atoms. The number of carbonyl (C=O) groups is 4. The molecule has 1 N–H and O–H groups in total. The van der Waals surface area contributed by atoms with Crippen LogP contribution < -0.4 is 10.2 Å². The highest BCUT2D eigenvalue weighted by Gasteiger charge is 2.60. The van der Waals surface area contributed by atoms with E-state index in [9.17, 15) is 19.2 Å². The van der Waals surface area contributed by atoms with Crippen molar-refractivity contribution in [2.45, 2.75) is 25.4 Å². The van der Waals surface area contributed by atoms with Crippen molar-refractivity contribution in [2.24, 2.45) is 0 Å². The van der Waals surface area contributed by atoms with E-state index in [0.29, 0.717) is 16.9 Å². The molecule has 2 aliphatic heterocycles. The highest BCUT2D eigenvalue weighted by molar-refractivity contribution is 6.15. The lowest BCUT2D eigenvalue weighted by atomic mass is 9.97. The zero-order valence-corrected chi connectivity index (χ0v) is 16.7. The fourth-order valence-corrected chi connectivity index (χ4v) is 4.06. The van der Waals surface area contributed by atoms with Gasteiger partial charge in [0.05, 0.1) is 11.3 Å². The number of anilines is 2. The van der Waals surface area contributed by atoms with Crippen molar-refractivity contribution < 1.29 is 23.9 Å². The number of likely N-dealkylation sites (N-methyl/N-ethyl adjacent to an activating group) is 1. The van der Waals surface area contributed by atoms with Crippen molar-refractivity contribution in [3.8, 4) is 0 Å². The molecule has 0 aromatic heterocycles. The third-order valence-electron chi connectivity index (χ3n) is 5.50. The Kier molecular flexibility index (Phi) is 4.77. The van der Waals surface area contributed by atoms with Gasteiger partial charge in [-0.25, -0.2) is 4.79 Å². The maximum Gasteiger partial charge on any atom is 0.354 e. The maximum atomic E-state index is 13.1. The van der Waals surface area contributed by atoms with E-state index in [1.807, 2.05) is 13.0 Å². The summed E-state index contributed by atoms with van der Waals surface area (Å²) in [7, 11) is 1.47. The molecule has 8 nitrogen and oxygen atoms in total. The van der Waals surface area contributed by atoms with Gasteiger partial charge in [0.15, 0.2) is 6.61 Å². The third kappa shape index (κ3) is 3.01. The van der Waals surface area contributed by atoms with Gasteiger partial charge in [0, 0.05) is 25.6 Å². The molecule has 0 unspecified atom stereocenters. The summed E-state index contributed by atoms with van der Waals surface area (Å²) in [4.78, 5) is 53.5. The highest BCUT2D eigenvalue weighted by Crippen LogP contribution is 2.44. The van der Waals surface area contributed by atoms with E-state index in [1.54, 1.807) is 42.5 Å². The number of nitrogens with one attached hydrogen (secondary N) is 1. The second-order valence-electron chi connectivity index (χ2n) is 7.42. The molecular formula is C22H21N3O5. The number of benzene rings is 2. The number of fused-ring (bicyclic) bond motifs is 3. The predicted molar refractivity (Wildman–Crippen MR) is 109 cm³/mol. The largest absolute Gasteiger partial charge is 0.452 e. The Labute approximate surface area is 173 Å². The van der Waals surface area contributed by atoms with Gasteiger partial charge >= 0.3 is 5.97 Å². The van der Waals surface area contributed by atoms with Gasteiger partial charge in [0.25, 0.3) is 11.8 Å². The Bertz CT molecular complexity index is 1070. The summed E-state index contributed by atoms with van der Waals surface area (Å²) in [6, 6.07) is 13.9. The first kappa shape index (κ1) is 19.6. The monoisotopic (exact) mass is 407 g/mol. The van der Waals surface area contributed by atoms with Crippen LogP contribution in [0.1, 0.15) is 28.8 Å². The van der Waals surface area contributed by atoms with E-state index >= 15 is 0 Å². The van der Waals surface area contributed by atoms with Gasteiger partial charge in [0.2, 0.25) is 11.6 Å². The standard InChI is InChI=1S/C22H21N3O5/c1-14-6-5-7-15(12-14)23-18(26)13-30-21(29)22-11-10-19(27)25(22)17-9-4-3-8-16(17)20(28)24(22)2/h3-9,12H,10-11,13H2,1-2H3,(H,23,26)/t22-/m1/s1. The minimum absolute atomic E-state index is 0.0938. The first-order valence-corrected chi connectivity index (χ1v) is 9.58. The first-order chi connectivity index (χ1) is 14.3. The van der Waals surface area contributed by atoms with Crippen LogP contribution in [0.5, 0.6) is 0 Å². The Morgan fingerprint density at radius 1 is 1.13 bits per heavy atom. The van der Waals surface area contributed by atoms with Crippen molar-refractivity contribution in [3.05, 3.63) is 59.7 Å². The molecule has 0 radical (unpaired) electrons. The van der Waals surface area contributed by atoms with Gasteiger partial charge in [-0.1, -0.05) is 24.3 Å². The first-order valence-electron chi connectivity index (χ1n) is 9.58. The van der Waals surface area contributed by atoms with Crippen molar-refractivity contribution in [2.75, 3.05) is 23.9 Å². The van der Waals surface area contributed by atoms with E-state index in [4.69, 9.17) is 4.74 Å². The molecule has 0 bridgehead atoms. The summed E-state index contributed by atoms with van der Waals surface area (Å²) in [6.45, 7) is 1.37. The number of rotatable bonds is 4. The van der Waals surface area contributed by atoms with Gasteiger partial charge in [-0.2, -0.15) is 0 Å². The number of nitrogens with zero attached hydrogens (tertiary/aromatic N) is 2. The van der Waals surface area contributed by atoms with Crippen LogP contribution in [-0.2, 0) is 19.1 Å². The molecule has 8 heteroatoms. The van der Waals surface area contributed by atoms with Crippen molar-refractivity contribution >= 4 is 35.1 Å². The van der Waals surface area contributed by atoms with E-state index in [0.717, 1.165) is 5.56 Å². The van der Waals surface area contributed by atoms with Crippen molar-refractivity contribution in [1.82, 2.24) is 4.90 Å². The maximum absolute atomic E-state index is 13.1. The van der Waals surface area contributed by atoms with Crippen LogP contribution >= 0.6 is 0 Å². The number of aryl methyl sites for hydroxylation is 1. The van der Waals surface area contributed by atoms with Gasteiger partial charge in [0.1, 0.15) is 0 Å². The molecule has 2 heterocycles. The summed E-state index contributed by atoms with van der Waals surface area (Å²) < 4.78 is 5.29. The summed E-state index contributed by atoms with van der Waals surface area (Å²) >= 11 is 0. The minimum atomic E-state index is -1.59. The number of hydrogen-bond donors (Lipinski definition) is 1. The average Bonchev–Trinajstić information content (AvgIpc) is 3.09. The van der Waals surface area contributed by atoms with E-state index in [2.05, 4.69) is 5.32 Å². The van der Waals surface area contributed by atoms with Crippen LogP contribution in [0.25, 0.3) is 0 Å². The van der Waals surface area contributed by atoms with Crippen LogP contribution in [-0.4, -0.2) is 47.9 Å². The normalized spacial score (nSPS) is 19.9. The van der Waals surface area contributed by atoms with Gasteiger partial charge in [-0.15, -0.1) is 0 Å². The molecule has 0 saturated carbocycles. The zero-order chi connectivity index (χ0) is 21.5. The second-order valence-corrected chi connectivity index (χ2v) is 7.42. The lowest BCUT2D eigenvalue weighted by Gasteiger charge is -2.46. The molecule has 1 atom stereocenters. The summed E-state index contributed by atoms with van der Waals surface area (Å²) in [5.74, 6) is -1.97. The summed E-state index contributed by atoms with van der Waals surface area (Å²) in [5.41, 5.74) is 0.697. The van der Waals surface area contributed by atoms with E-state index < -0.39 is 24.1 Å². The topological polar surface area (TPSA) is 96.0 Å². The van der Waals surface area contributed by atoms with Gasteiger partial charge < -0.3 is 15.0 Å². The van der Waals surface area contributed by atoms with E-state index in [-0.39, 0.29) is 24.7 Å². The fourth-order valence-electron chi connectivity index (χ4n) is 4.06. The average molecular weight is 407 g/mol. The lowest BCUT2D eigenvalue weighted by molar-refractivity contribution is -0.158. The van der Waals surface area contributed by atoms with Crippen LogP contribution in [0.15, 0.2) is 48.5 Å². The molecule has 1 fully saturated rings. The Hall–Kier alpha value is -3.68. The number of esters is 1. The molecule has 1 saturated heterocycles. The molecule has 2 aliphatic rings. The molecule has 2 aromatic rings. The van der Waals surface area contributed by atoms with Crippen molar-refractivity contribution in [1.29, 1.82) is 0 Å². The number of amides is 3. The number of carbonyl (C=O) groups excluding carboxylic acids is 4. The second kappa shape index (κ2) is 7.29. The Morgan fingerprint density at radius 3 is 2.67 bits per heavy atom. The Morgan fingerprint density at radius 2 is 1.90 bits per heavy atom. The van der Waals surface area contributed by atoms with Gasteiger partial charge in [-0.05, 0) is 36.8 Å². The van der Waals surface area contributed by atoms with Crippen molar-refractivity contribution in [3.63, 3.8) is 0 Å². The fraction of sp³-hybridized carbons (Fsp3) is 0.273. The zero-order valence-electron chi connectivity index (χ0n) is 16.7. The Balaban J connectivity index is 1.56. The molecule has 3 amide bonds. The SMILES string of the molecule is Cc1cccc(NC(=O)COC(=O)[C@@]23CCC(=O)N2c2ccccc2C(=O)N3C)c1. The van der Waals surface area contributed by atoms with E-state index in [1.165, 1.54) is 16.8 Å². The minimum Gasteiger partial charge on any atom is -0.452 e. The van der Waals surface area contributed by atoms with Crippen LogP contribution in [0.3, 0.4) is 0 Å². The number of hydrogen-bond acceptors (Lipinski definition) is 5. The smallest absolute Gasteiger partial charge is 0.354 e. The lowest BCUT2D eigenvalue weighted by Crippen LogP contribution is -2.67. The van der Waals surface area contributed by atoms with Gasteiger partial charge in [-0.3, -0.25) is 19.3 Å². The molecule has 2 aromatic carbocycles. The van der Waals surface area contributed by atoms with Crippen LogP contribution in [0, 0.1) is 6.92 Å². The third-order valence-corrected chi connectivity index (χ3v) is 5.50. The van der Waals surface area contributed by atoms with Crippen LogP contribution in [0.2, 0.25) is 0 Å². The molecule has 154 valence electrons.